The monoisotopic (exact) mass is 506 g/mol. The molecule has 2 aliphatic carbocycles. The minimum Gasteiger partial charge on any atom is -0.491 e. The van der Waals surface area contributed by atoms with Gasteiger partial charge < -0.3 is 14.4 Å². The van der Waals surface area contributed by atoms with Crippen LogP contribution in [-0.4, -0.2) is 46.3 Å². The van der Waals surface area contributed by atoms with Crippen molar-refractivity contribution in [2.75, 3.05) is 19.6 Å². The predicted molar refractivity (Wildman–Crippen MR) is 140 cm³/mol. The topological polar surface area (TPSA) is 71.8 Å². The van der Waals surface area contributed by atoms with E-state index in [-0.39, 0.29) is 35.0 Å². The van der Waals surface area contributed by atoms with Gasteiger partial charge in [0.25, 0.3) is 5.56 Å². The number of likely N-dealkylation sites (tertiary alicyclic amines) is 1. The number of carboxylic acid groups (broad SMARTS) is 1. The van der Waals surface area contributed by atoms with Gasteiger partial charge in [0.2, 0.25) is 0 Å². The second-order valence-corrected chi connectivity index (χ2v) is 10.9. The van der Waals surface area contributed by atoms with E-state index in [0.29, 0.717) is 11.8 Å². The molecule has 2 unspecified atom stereocenters. The molecule has 2 fully saturated rings. The Labute approximate surface area is 217 Å². The third kappa shape index (κ3) is 5.87. The molecule has 0 amide bonds. The number of aromatic carboxylic acids is 1. The Morgan fingerprint density at radius 2 is 1.78 bits per heavy atom. The Bertz CT molecular complexity index is 1250. The number of rotatable bonds is 8. The summed E-state index contributed by atoms with van der Waals surface area (Å²) in [6.07, 6.45) is 10.4. The number of aromatic nitrogens is 1. The van der Waals surface area contributed by atoms with E-state index < -0.39 is 5.97 Å². The molecule has 1 aromatic carbocycles. The van der Waals surface area contributed by atoms with Crippen LogP contribution in [0.5, 0.6) is 0 Å². The van der Waals surface area contributed by atoms with Gasteiger partial charge in [-0.3, -0.25) is 9.69 Å². The van der Waals surface area contributed by atoms with Gasteiger partial charge in [-0.1, -0.05) is 18.2 Å². The highest BCUT2D eigenvalue weighted by Crippen LogP contribution is 2.49. The largest absolute Gasteiger partial charge is 0.491 e. The van der Waals surface area contributed by atoms with E-state index >= 15 is 0 Å². The number of benzene rings is 1. The fourth-order valence-corrected chi connectivity index (χ4v) is 5.73. The number of ether oxygens (including phenoxy) is 1. The van der Waals surface area contributed by atoms with Crippen LogP contribution < -0.4 is 5.56 Å². The number of pyridine rings is 1. The lowest BCUT2D eigenvalue weighted by Gasteiger charge is -2.36. The lowest BCUT2D eigenvalue weighted by Crippen LogP contribution is -2.39. The summed E-state index contributed by atoms with van der Waals surface area (Å²) in [5.74, 6) is 0.821. The number of piperidine rings is 1. The first-order valence-electron chi connectivity index (χ1n) is 13.3. The number of halogens is 1. The number of carboxylic acids is 1. The molecule has 1 N–H and O–H groups in total. The van der Waals surface area contributed by atoms with Gasteiger partial charge in [0.05, 0.1) is 11.7 Å². The molecule has 2 heterocycles. The molecule has 0 radical (unpaired) electrons. The summed E-state index contributed by atoms with van der Waals surface area (Å²) < 4.78 is 21.6. The SMILES string of the molecule is CC(C)OC1=CC(c2ccc(F)cc2)C(C2CC2)C=C1CN1CCC(n2ccc(C(=O)O)cc2=O)CC1. The molecular weight excluding hydrogens is 471 g/mol. The molecule has 1 saturated carbocycles. The number of hydrogen-bond donors (Lipinski definition) is 1. The zero-order chi connectivity index (χ0) is 26.1. The molecule has 1 saturated heterocycles. The van der Waals surface area contributed by atoms with E-state index in [1.54, 1.807) is 22.9 Å². The second-order valence-electron chi connectivity index (χ2n) is 10.9. The third-order valence-corrected chi connectivity index (χ3v) is 7.78. The minimum atomic E-state index is -1.08. The Morgan fingerprint density at radius 3 is 2.38 bits per heavy atom. The second kappa shape index (κ2) is 10.7. The van der Waals surface area contributed by atoms with E-state index in [9.17, 15) is 14.0 Å². The van der Waals surface area contributed by atoms with Gasteiger partial charge >= 0.3 is 5.97 Å². The molecule has 196 valence electrons. The lowest BCUT2D eigenvalue weighted by molar-refractivity contribution is 0.0696. The van der Waals surface area contributed by atoms with Gasteiger partial charge in [0.1, 0.15) is 11.6 Å². The molecule has 3 aliphatic rings. The third-order valence-electron chi connectivity index (χ3n) is 7.78. The van der Waals surface area contributed by atoms with E-state index in [0.717, 1.165) is 43.8 Å². The summed E-state index contributed by atoms with van der Waals surface area (Å²) in [6.45, 7) is 6.56. The van der Waals surface area contributed by atoms with Crippen LogP contribution in [0.25, 0.3) is 0 Å². The minimum absolute atomic E-state index is 0.0246. The maximum Gasteiger partial charge on any atom is 0.335 e. The van der Waals surface area contributed by atoms with Crippen molar-refractivity contribution in [2.24, 2.45) is 11.8 Å². The van der Waals surface area contributed by atoms with Crippen molar-refractivity contribution in [1.29, 1.82) is 0 Å². The maximum atomic E-state index is 13.6. The highest BCUT2D eigenvalue weighted by atomic mass is 19.1. The van der Waals surface area contributed by atoms with Crippen molar-refractivity contribution < 1.29 is 19.0 Å². The smallest absolute Gasteiger partial charge is 0.335 e. The summed E-state index contributed by atoms with van der Waals surface area (Å²) in [4.78, 5) is 26.1. The quantitative estimate of drug-likeness (QED) is 0.520. The Hall–Kier alpha value is -3.19. The summed E-state index contributed by atoms with van der Waals surface area (Å²) in [7, 11) is 0. The first kappa shape index (κ1) is 25.5. The molecule has 5 rings (SSSR count). The summed E-state index contributed by atoms with van der Waals surface area (Å²) in [6, 6.07) is 9.65. The lowest BCUT2D eigenvalue weighted by atomic mass is 9.77. The van der Waals surface area contributed by atoms with Crippen LogP contribution in [0.3, 0.4) is 0 Å². The van der Waals surface area contributed by atoms with Crippen molar-refractivity contribution in [3.05, 3.63) is 93.4 Å². The average Bonchev–Trinajstić information content (AvgIpc) is 3.71. The first-order valence-corrected chi connectivity index (χ1v) is 13.3. The normalized spacial score (nSPS) is 23.0. The first-order chi connectivity index (χ1) is 17.8. The van der Waals surface area contributed by atoms with Gasteiger partial charge in [-0.25, -0.2) is 9.18 Å². The molecule has 37 heavy (non-hydrogen) atoms. The van der Waals surface area contributed by atoms with Crippen molar-refractivity contribution >= 4 is 5.97 Å². The van der Waals surface area contributed by atoms with E-state index in [2.05, 4.69) is 17.1 Å². The number of nitrogens with zero attached hydrogens (tertiary/aromatic N) is 2. The Kier molecular flexibility index (Phi) is 7.33. The Morgan fingerprint density at radius 1 is 1.08 bits per heavy atom. The van der Waals surface area contributed by atoms with Crippen molar-refractivity contribution in [3.8, 4) is 0 Å². The zero-order valence-electron chi connectivity index (χ0n) is 21.5. The van der Waals surface area contributed by atoms with Gasteiger partial charge in [-0.05, 0) is 81.2 Å². The van der Waals surface area contributed by atoms with Crippen molar-refractivity contribution in [3.63, 3.8) is 0 Å². The molecule has 2 atom stereocenters. The number of carbonyl (C=O) groups is 1. The summed E-state index contributed by atoms with van der Waals surface area (Å²) in [5.41, 5.74) is 2.10. The number of hydrogen-bond acceptors (Lipinski definition) is 4. The molecule has 0 bridgehead atoms. The molecule has 1 aliphatic heterocycles. The Balaban J connectivity index is 1.31. The van der Waals surface area contributed by atoms with Crippen LogP contribution >= 0.6 is 0 Å². The molecule has 7 heteroatoms. The highest BCUT2D eigenvalue weighted by molar-refractivity contribution is 5.87. The van der Waals surface area contributed by atoms with Crippen LogP contribution in [-0.2, 0) is 4.74 Å². The number of allylic oxidation sites excluding steroid dienone is 2. The summed E-state index contributed by atoms with van der Waals surface area (Å²) >= 11 is 0. The van der Waals surface area contributed by atoms with Gasteiger partial charge in [-0.2, -0.15) is 0 Å². The highest BCUT2D eigenvalue weighted by Gasteiger charge is 2.38. The van der Waals surface area contributed by atoms with E-state index in [1.807, 2.05) is 26.0 Å². The summed E-state index contributed by atoms with van der Waals surface area (Å²) in [5, 5.41) is 9.14. The molecule has 6 nitrogen and oxygen atoms in total. The van der Waals surface area contributed by atoms with Crippen LogP contribution in [0.4, 0.5) is 4.39 Å². The fourth-order valence-electron chi connectivity index (χ4n) is 5.73. The van der Waals surface area contributed by atoms with Gasteiger partial charge in [-0.15, -0.1) is 0 Å². The van der Waals surface area contributed by atoms with Crippen LogP contribution in [0, 0.1) is 17.7 Å². The zero-order valence-corrected chi connectivity index (χ0v) is 21.5. The fraction of sp³-hybridized carbons (Fsp3) is 0.467. The van der Waals surface area contributed by atoms with E-state index in [4.69, 9.17) is 9.84 Å². The molecule has 1 aromatic heterocycles. The van der Waals surface area contributed by atoms with E-state index in [1.165, 1.54) is 30.5 Å². The van der Waals surface area contributed by atoms with Crippen LogP contribution in [0.2, 0.25) is 0 Å². The standard InChI is InChI=1S/C30H35FN2O4/c1-19(2)37-28-17-27(21-5-7-24(31)8-6-21)26(20-3-4-20)15-23(28)18-32-12-10-25(11-13-32)33-14-9-22(30(35)36)16-29(33)34/h5-9,14-17,19-20,25-27H,3-4,10-13,18H2,1-2H3,(H,35,36). The predicted octanol–water partition coefficient (Wildman–Crippen LogP) is 5.38. The molecule has 0 spiro atoms. The van der Waals surface area contributed by atoms with Crippen LogP contribution in [0.1, 0.15) is 67.4 Å². The average molecular weight is 507 g/mol. The maximum absolute atomic E-state index is 13.6. The van der Waals surface area contributed by atoms with Gasteiger partial charge in [0, 0.05) is 49.4 Å². The van der Waals surface area contributed by atoms with Crippen molar-refractivity contribution in [1.82, 2.24) is 9.47 Å². The van der Waals surface area contributed by atoms with Crippen LogP contribution in [0.15, 0.2) is 70.9 Å². The molecular formula is C30H35FN2O4. The van der Waals surface area contributed by atoms with Crippen molar-refractivity contribution in [2.45, 2.75) is 57.6 Å². The molecule has 2 aromatic rings. The van der Waals surface area contributed by atoms with Gasteiger partial charge in [0.15, 0.2) is 0 Å².